The maximum atomic E-state index is 12.0. The Kier molecular flexibility index (Phi) is 3.93. The first-order chi connectivity index (χ1) is 8.56. The summed E-state index contributed by atoms with van der Waals surface area (Å²) in [5.41, 5.74) is 1.55. The minimum Gasteiger partial charge on any atom is -0.305 e. The minimum absolute atomic E-state index is 0.248. The minimum atomic E-state index is -0.248. The lowest BCUT2D eigenvalue weighted by atomic mass is 10.1. The second kappa shape index (κ2) is 5.46. The molecule has 6 heteroatoms. The number of hydrogen-bond donors (Lipinski definition) is 1. The molecule has 0 saturated heterocycles. The van der Waals surface area contributed by atoms with Crippen molar-refractivity contribution in [2.45, 2.75) is 6.92 Å². The van der Waals surface area contributed by atoms with Gasteiger partial charge in [-0.1, -0.05) is 23.2 Å². The Morgan fingerprint density at radius 1 is 1.33 bits per heavy atom. The lowest BCUT2D eigenvalue weighted by Crippen LogP contribution is -2.14. The largest absolute Gasteiger partial charge is 0.305 e. The predicted molar refractivity (Wildman–Crippen MR) is 73.9 cm³/mol. The van der Waals surface area contributed by atoms with Gasteiger partial charge in [-0.3, -0.25) is 4.79 Å². The molecule has 18 heavy (non-hydrogen) atoms. The molecule has 0 aliphatic rings. The van der Waals surface area contributed by atoms with Crippen LogP contribution in [0, 0.1) is 6.92 Å². The Morgan fingerprint density at radius 2 is 2.11 bits per heavy atom. The van der Waals surface area contributed by atoms with Crippen LogP contribution in [0.4, 0.5) is 5.82 Å². The first-order valence-electron chi connectivity index (χ1n) is 5.11. The van der Waals surface area contributed by atoms with Crippen molar-refractivity contribution in [2.75, 3.05) is 5.32 Å². The smallest absolute Gasteiger partial charge is 0.258 e. The number of amides is 1. The fourth-order valence-electron chi connectivity index (χ4n) is 1.37. The SMILES string of the molecule is Cc1ccc(Br)c(C(=O)Nc2cnc(Cl)cn2)c1. The van der Waals surface area contributed by atoms with E-state index in [9.17, 15) is 4.79 Å². The third-order valence-electron chi connectivity index (χ3n) is 2.23. The average Bonchev–Trinajstić information content (AvgIpc) is 2.35. The Morgan fingerprint density at radius 3 is 2.78 bits per heavy atom. The molecule has 0 aliphatic heterocycles. The van der Waals surface area contributed by atoms with Gasteiger partial charge in [0, 0.05) is 4.47 Å². The number of halogens is 2. The molecule has 0 radical (unpaired) electrons. The van der Waals surface area contributed by atoms with Gasteiger partial charge in [0.15, 0.2) is 5.82 Å². The number of nitrogens with one attached hydrogen (secondary N) is 1. The van der Waals surface area contributed by atoms with Gasteiger partial charge < -0.3 is 5.32 Å². The summed E-state index contributed by atoms with van der Waals surface area (Å²) in [5.74, 6) is 0.111. The zero-order valence-electron chi connectivity index (χ0n) is 9.45. The summed E-state index contributed by atoms with van der Waals surface area (Å²) in [6.45, 7) is 1.92. The summed E-state index contributed by atoms with van der Waals surface area (Å²) in [6.07, 6.45) is 2.78. The third kappa shape index (κ3) is 3.05. The highest BCUT2D eigenvalue weighted by atomic mass is 79.9. The van der Waals surface area contributed by atoms with Crippen LogP contribution in [0.2, 0.25) is 5.15 Å². The number of benzene rings is 1. The second-order valence-corrected chi connectivity index (χ2v) is 4.90. The number of nitrogens with zero attached hydrogens (tertiary/aromatic N) is 2. The van der Waals surface area contributed by atoms with Crippen LogP contribution >= 0.6 is 27.5 Å². The highest BCUT2D eigenvalue weighted by Crippen LogP contribution is 2.19. The maximum absolute atomic E-state index is 12.0. The van der Waals surface area contributed by atoms with Gasteiger partial charge >= 0.3 is 0 Å². The molecule has 0 spiro atoms. The van der Waals surface area contributed by atoms with E-state index in [4.69, 9.17) is 11.6 Å². The van der Waals surface area contributed by atoms with Crippen LogP contribution in [0.3, 0.4) is 0 Å². The second-order valence-electron chi connectivity index (χ2n) is 3.66. The number of carbonyl (C=O) groups is 1. The van der Waals surface area contributed by atoms with Gasteiger partial charge in [-0.05, 0) is 35.0 Å². The van der Waals surface area contributed by atoms with Gasteiger partial charge in [-0.25, -0.2) is 9.97 Å². The normalized spacial score (nSPS) is 10.2. The molecule has 0 bridgehead atoms. The lowest BCUT2D eigenvalue weighted by molar-refractivity contribution is 0.102. The summed E-state index contributed by atoms with van der Waals surface area (Å²) in [6, 6.07) is 5.55. The highest BCUT2D eigenvalue weighted by Gasteiger charge is 2.11. The number of rotatable bonds is 2. The van der Waals surface area contributed by atoms with Crippen LogP contribution in [0.5, 0.6) is 0 Å². The predicted octanol–water partition coefficient (Wildman–Crippen LogP) is 3.45. The van der Waals surface area contributed by atoms with Crippen molar-refractivity contribution in [3.05, 3.63) is 51.3 Å². The molecule has 92 valence electrons. The molecular weight excluding hydrogens is 318 g/mol. The molecule has 0 fully saturated rings. The molecule has 0 unspecified atom stereocenters. The van der Waals surface area contributed by atoms with Gasteiger partial charge in [0.2, 0.25) is 0 Å². The van der Waals surface area contributed by atoms with Crippen LogP contribution in [0.25, 0.3) is 0 Å². The zero-order chi connectivity index (χ0) is 13.1. The molecule has 4 nitrogen and oxygen atoms in total. The van der Waals surface area contributed by atoms with E-state index in [1.165, 1.54) is 12.4 Å². The van der Waals surface area contributed by atoms with Gasteiger partial charge in [-0.2, -0.15) is 0 Å². The first-order valence-corrected chi connectivity index (χ1v) is 6.28. The van der Waals surface area contributed by atoms with E-state index < -0.39 is 0 Å². The third-order valence-corrected chi connectivity index (χ3v) is 3.12. The van der Waals surface area contributed by atoms with Crippen molar-refractivity contribution in [2.24, 2.45) is 0 Å². The molecule has 1 amide bonds. The van der Waals surface area contributed by atoms with Crippen molar-refractivity contribution in [3.8, 4) is 0 Å². The Balaban J connectivity index is 2.21. The number of aryl methyl sites for hydroxylation is 1. The fraction of sp³-hybridized carbons (Fsp3) is 0.0833. The van der Waals surface area contributed by atoms with Crippen molar-refractivity contribution in [1.82, 2.24) is 9.97 Å². The van der Waals surface area contributed by atoms with Crippen LogP contribution < -0.4 is 5.32 Å². The molecule has 0 atom stereocenters. The van der Waals surface area contributed by atoms with E-state index in [-0.39, 0.29) is 11.1 Å². The molecule has 0 aliphatic carbocycles. The molecule has 1 aromatic heterocycles. The fourth-order valence-corrected chi connectivity index (χ4v) is 1.90. The number of anilines is 1. The van der Waals surface area contributed by atoms with Crippen molar-refractivity contribution >= 4 is 39.3 Å². The van der Waals surface area contributed by atoms with Crippen LogP contribution in [0.15, 0.2) is 35.1 Å². The van der Waals surface area contributed by atoms with E-state index in [0.717, 1.165) is 10.0 Å². The average molecular weight is 327 g/mol. The summed E-state index contributed by atoms with van der Waals surface area (Å²) in [4.78, 5) is 19.8. The lowest BCUT2D eigenvalue weighted by Gasteiger charge is -2.06. The van der Waals surface area contributed by atoms with Gasteiger partial charge in [-0.15, -0.1) is 0 Å². The van der Waals surface area contributed by atoms with Gasteiger partial charge in [0.1, 0.15) is 5.15 Å². The van der Waals surface area contributed by atoms with Crippen LogP contribution in [-0.2, 0) is 0 Å². The number of aromatic nitrogens is 2. The first kappa shape index (κ1) is 13.0. The quantitative estimate of drug-likeness (QED) is 0.919. The number of carbonyl (C=O) groups excluding carboxylic acids is 1. The topological polar surface area (TPSA) is 54.9 Å². The monoisotopic (exact) mass is 325 g/mol. The molecule has 1 heterocycles. The molecule has 2 aromatic rings. The number of hydrogen-bond acceptors (Lipinski definition) is 3. The van der Waals surface area contributed by atoms with E-state index in [2.05, 4.69) is 31.2 Å². The summed E-state index contributed by atoms with van der Waals surface area (Å²) >= 11 is 8.96. The van der Waals surface area contributed by atoms with E-state index >= 15 is 0 Å². The van der Waals surface area contributed by atoms with Crippen molar-refractivity contribution < 1.29 is 4.79 Å². The van der Waals surface area contributed by atoms with Crippen LogP contribution in [-0.4, -0.2) is 15.9 Å². The van der Waals surface area contributed by atoms with Crippen molar-refractivity contribution in [3.63, 3.8) is 0 Å². The molecule has 2 rings (SSSR count). The standard InChI is InChI=1S/C12H9BrClN3O/c1-7-2-3-9(13)8(4-7)12(18)17-11-6-15-10(14)5-16-11/h2-6H,1H3,(H,16,17,18). The van der Waals surface area contributed by atoms with Gasteiger partial charge in [0.25, 0.3) is 5.91 Å². The molecule has 0 saturated carbocycles. The highest BCUT2D eigenvalue weighted by molar-refractivity contribution is 9.10. The van der Waals surface area contributed by atoms with Crippen molar-refractivity contribution in [1.29, 1.82) is 0 Å². The Labute approximate surface area is 118 Å². The van der Waals surface area contributed by atoms with E-state index in [0.29, 0.717) is 11.4 Å². The molecule has 1 N–H and O–H groups in total. The van der Waals surface area contributed by atoms with E-state index in [1.807, 2.05) is 19.1 Å². The van der Waals surface area contributed by atoms with Crippen LogP contribution in [0.1, 0.15) is 15.9 Å². The van der Waals surface area contributed by atoms with E-state index in [1.54, 1.807) is 6.07 Å². The Bertz CT molecular complexity index is 586. The molecule has 1 aromatic carbocycles. The Hall–Kier alpha value is -1.46. The zero-order valence-corrected chi connectivity index (χ0v) is 11.8. The summed E-state index contributed by atoms with van der Waals surface area (Å²) < 4.78 is 0.729. The maximum Gasteiger partial charge on any atom is 0.258 e. The summed E-state index contributed by atoms with van der Waals surface area (Å²) in [5, 5.41) is 2.93. The van der Waals surface area contributed by atoms with Gasteiger partial charge in [0.05, 0.1) is 18.0 Å². The molecular formula is C12H9BrClN3O. The summed E-state index contributed by atoms with van der Waals surface area (Å²) in [7, 11) is 0.